The molecule has 2 rings (SSSR count). The molecule has 5 nitrogen and oxygen atoms in total. The van der Waals surface area contributed by atoms with E-state index in [2.05, 4.69) is 27.8 Å². The van der Waals surface area contributed by atoms with Gasteiger partial charge in [0.25, 0.3) is 0 Å². The summed E-state index contributed by atoms with van der Waals surface area (Å²) in [6, 6.07) is 12.9. The molecule has 0 aliphatic rings. The Hall–Kier alpha value is -1.87. The van der Waals surface area contributed by atoms with Crippen LogP contribution in [0.4, 0.5) is 4.39 Å². The Morgan fingerprint density at radius 1 is 1.10 bits per heavy atom. The summed E-state index contributed by atoms with van der Waals surface area (Å²) in [5, 5.41) is 6.60. The molecule has 0 aromatic heterocycles. The lowest BCUT2D eigenvalue weighted by molar-refractivity contribution is 0.145. The summed E-state index contributed by atoms with van der Waals surface area (Å²) in [5.74, 6) is 1.39. The molecule has 0 bridgehead atoms. The van der Waals surface area contributed by atoms with Crippen LogP contribution in [-0.2, 0) is 17.7 Å². The molecule has 160 valence electrons. The molecule has 0 fully saturated rings. The largest absolute Gasteiger partial charge is 0.491 e. The SMILES string of the molecule is CN=C(NCCCc1cccc(F)c1)NCc1ccc(C)cc1OCCOC.I. The van der Waals surface area contributed by atoms with Crippen LogP contribution in [0.25, 0.3) is 0 Å². The van der Waals surface area contributed by atoms with Gasteiger partial charge >= 0.3 is 0 Å². The van der Waals surface area contributed by atoms with E-state index in [1.165, 1.54) is 6.07 Å². The second-order valence-electron chi connectivity index (χ2n) is 6.54. The number of hydrogen-bond acceptors (Lipinski definition) is 3. The van der Waals surface area contributed by atoms with Crippen LogP contribution in [0, 0.1) is 12.7 Å². The number of hydrogen-bond donors (Lipinski definition) is 2. The summed E-state index contributed by atoms with van der Waals surface area (Å²) in [7, 11) is 3.40. The fourth-order valence-electron chi connectivity index (χ4n) is 2.77. The van der Waals surface area contributed by atoms with Crippen molar-refractivity contribution in [3.63, 3.8) is 0 Å². The van der Waals surface area contributed by atoms with E-state index in [0.29, 0.717) is 19.8 Å². The van der Waals surface area contributed by atoms with Crippen molar-refractivity contribution in [2.75, 3.05) is 33.9 Å². The van der Waals surface area contributed by atoms with Crippen molar-refractivity contribution in [1.29, 1.82) is 0 Å². The topological polar surface area (TPSA) is 54.9 Å². The number of aryl methyl sites for hydroxylation is 2. The third-order valence-corrected chi connectivity index (χ3v) is 4.26. The van der Waals surface area contributed by atoms with Crippen molar-refractivity contribution in [2.24, 2.45) is 4.99 Å². The van der Waals surface area contributed by atoms with Crippen LogP contribution in [0.5, 0.6) is 5.75 Å². The van der Waals surface area contributed by atoms with Crippen LogP contribution < -0.4 is 15.4 Å². The maximum atomic E-state index is 13.2. The van der Waals surface area contributed by atoms with Crippen LogP contribution in [0.3, 0.4) is 0 Å². The second kappa shape index (κ2) is 14.2. The normalized spacial score (nSPS) is 11.0. The van der Waals surface area contributed by atoms with E-state index in [0.717, 1.165) is 47.8 Å². The van der Waals surface area contributed by atoms with Crippen LogP contribution in [0.1, 0.15) is 23.1 Å². The van der Waals surface area contributed by atoms with Gasteiger partial charge in [-0.15, -0.1) is 24.0 Å². The van der Waals surface area contributed by atoms with E-state index < -0.39 is 0 Å². The van der Waals surface area contributed by atoms with Gasteiger partial charge in [0.1, 0.15) is 18.2 Å². The van der Waals surface area contributed by atoms with Gasteiger partial charge in [-0.3, -0.25) is 4.99 Å². The monoisotopic (exact) mass is 515 g/mol. The molecule has 0 saturated carbocycles. The minimum absolute atomic E-state index is 0. The van der Waals surface area contributed by atoms with Crippen LogP contribution >= 0.6 is 24.0 Å². The molecule has 0 radical (unpaired) electrons. The number of aliphatic imine (C=N–C) groups is 1. The van der Waals surface area contributed by atoms with Crippen LogP contribution in [0.2, 0.25) is 0 Å². The molecule has 0 spiro atoms. The van der Waals surface area contributed by atoms with Gasteiger partial charge in [-0.25, -0.2) is 4.39 Å². The Morgan fingerprint density at radius 2 is 1.93 bits per heavy atom. The van der Waals surface area contributed by atoms with Crippen molar-refractivity contribution in [3.05, 3.63) is 65.0 Å². The summed E-state index contributed by atoms with van der Waals surface area (Å²) in [6.07, 6.45) is 1.71. The zero-order valence-corrected chi connectivity index (χ0v) is 19.7. The van der Waals surface area contributed by atoms with Crippen molar-refractivity contribution in [1.82, 2.24) is 10.6 Å². The Kier molecular flexibility index (Phi) is 12.3. The molecule has 0 amide bonds. The molecule has 2 N–H and O–H groups in total. The molecule has 7 heteroatoms. The first kappa shape index (κ1) is 25.2. The van der Waals surface area contributed by atoms with Crippen molar-refractivity contribution in [2.45, 2.75) is 26.3 Å². The molecule has 0 saturated heterocycles. The quantitative estimate of drug-likeness (QED) is 0.217. The third kappa shape index (κ3) is 9.45. The molecule has 0 aliphatic carbocycles. The number of nitrogens with one attached hydrogen (secondary N) is 2. The minimum Gasteiger partial charge on any atom is -0.491 e. The van der Waals surface area contributed by atoms with E-state index in [-0.39, 0.29) is 29.8 Å². The fourth-order valence-corrected chi connectivity index (χ4v) is 2.77. The number of methoxy groups -OCH3 is 1. The number of guanidine groups is 1. The summed E-state index contributed by atoms with van der Waals surface area (Å²) < 4.78 is 24.1. The standard InChI is InChI=1S/C22H30FN3O2.HI/c1-17-9-10-19(21(14-17)28-13-12-27-3)16-26-22(24-2)25-11-5-7-18-6-4-8-20(23)15-18;/h4,6,8-10,14-15H,5,7,11-13,16H2,1-3H3,(H2,24,25,26);1H. The van der Waals surface area contributed by atoms with Gasteiger partial charge in [-0.1, -0.05) is 24.3 Å². The Balaban J connectivity index is 0.00000420. The summed E-state index contributed by atoms with van der Waals surface area (Å²) >= 11 is 0. The van der Waals surface area contributed by atoms with E-state index in [9.17, 15) is 4.39 Å². The highest BCUT2D eigenvalue weighted by Gasteiger charge is 2.06. The van der Waals surface area contributed by atoms with Crippen molar-refractivity contribution in [3.8, 4) is 5.75 Å². The molecule has 29 heavy (non-hydrogen) atoms. The van der Waals surface area contributed by atoms with Crippen molar-refractivity contribution >= 4 is 29.9 Å². The zero-order valence-electron chi connectivity index (χ0n) is 17.3. The van der Waals surface area contributed by atoms with Gasteiger partial charge in [0.15, 0.2) is 5.96 Å². The average molecular weight is 515 g/mol. The highest BCUT2D eigenvalue weighted by molar-refractivity contribution is 14.0. The number of benzene rings is 2. The van der Waals surface area contributed by atoms with Crippen LogP contribution in [-0.4, -0.2) is 39.9 Å². The average Bonchev–Trinajstić information content (AvgIpc) is 2.69. The van der Waals surface area contributed by atoms with E-state index in [1.807, 2.05) is 19.1 Å². The first-order valence-electron chi connectivity index (χ1n) is 9.52. The molecule has 2 aromatic carbocycles. The number of ether oxygens (including phenoxy) is 2. The Morgan fingerprint density at radius 3 is 2.66 bits per heavy atom. The van der Waals surface area contributed by atoms with E-state index in [4.69, 9.17) is 9.47 Å². The van der Waals surface area contributed by atoms with Crippen molar-refractivity contribution < 1.29 is 13.9 Å². The maximum absolute atomic E-state index is 13.2. The lowest BCUT2D eigenvalue weighted by Crippen LogP contribution is -2.37. The summed E-state index contributed by atoms with van der Waals surface area (Å²) in [5.41, 5.74) is 3.21. The van der Waals surface area contributed by atoms with Gasteiger partial charge in [0, 0.05) is 32.8 Å². The van der Waals surface area contributed by atoms with Gasteiger partial charge in [-0.2, -0.15) is 0 Å². The maximum Gasteiger partial charge on any atom is 0.191 e. The summed E-state index contributed by atoms with van der Waals surface area (Å²) in [4.78, 5) is 4.26. The summed E-state index contributed by atoms with van der Waals surface area (Å²) in [6.45, 7) is 4.46. The minimum atomic E-state index is -0.190. The van der Waals surface area contributed by atoms with E-state index in [1.54, 1.807) is 26.3 Å². The van der Waals surface area contributed by atoms with Gasteiger partial charge in [0.05, 0.1) is 6.61 Å². The van der Waals surface area contributed by atoms with Gasteiger partial charge < -0.3 is 20.1 Å². The second-order valence-corrected chi connectivity index (χ2v) is 6.54. The first-order chi connectivity index (χ1) is 13.6. The number of nitrogens with zero attached hydrogens (tertiary/aromatic N) is 1. The van der Waals surface area contributed by atoms with Crippen LogP contribution in [0.15, 0.2) is 47.5 Å². The lowest BCUT2D eigenvalue weighted by Gasteiger charge is -2.15. The molecular weight excluding hydrogens is 484 g/mol. The Labute approximate surface area is 190 Å². The zero-order chi connectivity index (χ0) is 20.2. The first-order valence-corrected chi connectivity index (χ1v) is 9.52. The molecule has 0 aliphatic heterocycles. The highest BCUT2D eigenvalue weighted by atomic mass is 127. The predicted molar refractivity (Wildman–Crippen MR) is 127 cm³/mol. The molecule has 0 unspecified atom stereocenters. The highest BCUT2D eigenvalue weighted by Crippen LogP contribution is 2.20. The molecular formula is C22H31FIN3O2. The molecule has 0 heterocycles. The third-order valence-electron chi connectivity index (χ3n) is 4.26. The fraction of sp³-hybridized carbons (Fsp3) is 0.409. The smallest absolute Gasteiger partial charge is 0.191 e. The number of halogens is 2. The van der Waals surface area contributed by atoms with Gasteiger partial charge in [-0.05, 0) is 49.1 Å². The molecule has 2 aromatic rings. The molecule has 0 atom stereocenters. The lowest BCUT2D eigenvalue weighted by atomic mass is 10.1. The number of rotatable bonds is 10. The van der Waals surface area contributed by atoms with E-state index >= 15 is 0 Å². The predicted octanol–water partition coefficient (Wildman–Crippen LogP) is 4.08. The Bertz CT molecular complexity index is 771. The van der Waals surface area contributed by atoms with Gasteiger partial charge in [0.2, 0.25) is 0 Å².